The zero-order valence-corrected chi connectivity index (χ0v) is 41.9. The monoisotopic (exact) mass is 1120 g/mol. The first-order chi connectivity index (χ1) is 29.5. The molecule has 1 spiro atoms. The van der Waals surface area contributed by atoms with Gasteiger partial charge in [0.25, 0.3) is 0 Å². The van der Waals surface area contributed by atoms with Gasteiger partial charge >= 0.3 is 0 Å². The van der Waals surface area contributed by atoms with Crippen molar-refractivity contribution in [2.24, 2.45) is 11.8 Å². The first-order valence-electron chi connectivity index (χ1n) is 21.8. The van der Waals surface area contributed by atoms with Crippen LogP contribution in [-0.4, -0.2) is 66.0 Å². The Labute approximate surface area is 403 Å². The van der Waals surface area contributed by atoms with Crippen LogP contribution in [0.15, 0.2) is 78.3 Å². The smallest absolute Gasteiger partial charge is 0.246 e. The van der Waals surface area contributed by atoms with Crippen LogP contribution in [0.1, 0.15) is 108 Å². The lowest BCUT2D eigenvalue weighted by Crippen LogP contribution is -2.40. The Morgan fingerprint density at radius 2 is 1.15 bits per heavy atom. The van der Waals surface area contributed by atoms with Crippen molar-refractivity contribution in [2.75, 3.05) is 39.4 Å². The average molecular weight is 1120 g/mol. The van der Waals surface area contributed by atoms with Crippen LogP contribution in [0.3, 0.4) is 0 Å². The maximum atomic E-state index is 13.2. The molecule has 13 heteroatoms. The number of pyridine rings is 2. The number of rotatable bonds is 3. The lowest BCUT2D eigenvalue weighted by atomic mass is 9.76. The third-order valence-electron chi connectivity index (χ3n) is 13.8. The first-order valence-corrected chi connectivity index (χ1v) is 25.7. The number of likely N-dealkylation sites (tertiary alicyclic amines) is 1. The fourth-order valence-electron chi connectivity index (χ4n) is 10.8. The fraction of sp³-hybridized carbons (Fsp3) is 0.479. The number of hydrogen-bond donors (Lipinski definition) is 1. The van der Waals surface area contributed by atoms with Gasteiger partial charge in [-0.25, -0.2) is 0 Å². The van der Waals surface area contributed by atoms with Crippen molar-refractivity contribution in [3.05, 3.63) is 133 Å². The molecule has 0 bridgehead atoms. The van der Waals surface area contributed by atoms with E-state index in [2.05, 4.69) is 93.3 Å². The fourth-order valence-corrected chi connectivity index (χ4v) is 13.8. The van der Waals surface area contributed by atoms with E-state index in [0.717, 1.165) is 118 Å². The number of piperidine rings is 2. The molecule has 3 saturated heterocycles. The molecule has 2 aromatic heterocycles. The molecule has 5 heterocycles. The van der Waals surface area contributed by atoms with Gasteiger partial charge in [-0.05, 0) is 191 Å². The van der Waals surface area contributed by atoms with Gasteiger partial charge in [0, 0.05) is 84.2 Å². The van der Waals surface area contributed by atoms with E-state index < -0.39 is 5.79 Å². The van der Waals surface area contributed by atoms with Crippen LogP contribution in [0.2, 0.25) is 10.0 Å². The topological polar surface area (TPSA) is 76.6 Å². The minimum Gasteiger partial charge on any atom is -0.348 e. The molecule has 4 aromatic rings. The Morgan fingerprint density at radius 3 is 1.66 bits per heavy atom. The summed E-state index contributed by atoms with van der Waals surface area (Å²) in [5.41, 5.74) is 11.7. The van der Waals surface area contributed by atoms with Crippen molar-refractivity contribution in [1.82, 2.24) is 20.2 Å². The minimum atomic E-state index is -0.397. The Balaban J connectivity index is 0.000000171. The van der Waals surface area contributed by atoms with Crippen molar-refractivity contribution in [2.45, 2.75) is 94.7 Å². The molecule has 0 radical (unpaired) electrons. The molecule has 1 N–H and O–H groups in total. The Morgan fingerprint density at radius 1 is 0.672 bits per heavy atom. The summed E-state index contributed by atoms with van der Waals surface area (Å²) in [4.78, 5) is 25.0. The van der Waals surface area contributed by atoms with Crippen LogP contribution in [-0.2, 0) is 40.0 Å². The van der Waals surface area contributed by atoms with Crippen LogP contribution < -0.4 is 5.32 Å². The lowest BCUT2D eigenvalue weighted by Gasteiger charge is -2.37. The Bertz CT molecular complexity index is 2310. The van der Waals surface area contributed by atoms with Gasteiger partial charge in [-0.1, -0.05) is 60.6 Å². The van der Waals surface area contributed by atoms with Crippen molar-refractivity contribution >= 4 is 92.8 Å². The molecule has 1 saturated carbocycles. The average Bonchev–Trinajstić information content (AvgIpc) is 3.56. The maximum Gasteiger partial charge on any atom is 0.246 e. The Hall–Kier alpha value is -1.67. The lowest BCUT2D eigenvalue weighted by molar-refractivity contribution is -0.171. The second kappa shape index (κ2) is 19.4. The molecule has 10 rings (SSSR count). The molecule has 7 nitrogen and oxygen atoms in total. The molecule has 0 unspecified atom stereocenters. The van der Waals surface area contributed by atoms with Gasteiger partial charge in [-0.15, -0.1) is 0 Å². The largest absolute Gasteiger partial charge is 0.348 e. The van der Waals surface area contributed by atoms with E-state index in [1.54, 1.807) is 0 Å². The van der Waals surface area contributed by atoms with Gasteiger partial charge in [-0.3, -0.25) is 14.8 Å². The van der Waals surface area contributed by atoms with E-state index in [9.17, 15) is 4.79 Å². The zero-order chi connectivity index (χ0) is 42.3. The molecule has 2 aromatic carbocycles. The van der Waals surface area contributed by atoms with Gasteiger partial charge in [0.05, 0.1) is 24.6 Å². The highest BCUT2D eigenvalue weighted by atomic mass is 79.9. The maximum absolute atomic E-state index is 13.2. The first kappa shape index (κ1) is 44.5. The summed E-state index contributed by atoms with van der Waals surface area (Å²) in [5.74, 6) is 1.31. The van der Waals surface area contributed by atoms with Crippen molar-refractivity contribution < 1.29 is 14.3 Å². The van der Waals surface area contributed by atoms with Gasteiger partial charge in [0.2, 0.25) is 5.91 Å². The molecule has 2 atom stereocenters. The van der Waals surface area contributed by atoms with E-state index >= 15 is 0 Å². The predicted octanol–water partition coefficient (Wildman–Crippen LogP) is 12.5. The number of amides is 1. The van der Waals surface area contributed by atoms with E-state index in [1.807, 2.05) is 35.5 Å². The number of aromatic nitrogens is 2. The van der Waals surface area contributed by atoms with E-state index in [1.165, 1.54) is 63.2 Å². The third-order valence-corrected chi connectivity index (χ3v) is 16.4. The van der Waals surface area contributed by atoms with Gasteiger partial charge in [0.1, 0.15) is 0 Å². The number of fused-ring (bicyclic) bond motifs is 4. The second-order valence-corrected chi connectivity index (χ2v) is 21.8. The van der Waals surface area contributed by atoms with Crippen molar-refractivity contribution in [3.8, 4) is 0 Å². The molecule has 3 aliphatic heterocycles. The number of allylic oxidation sites excluding steroid dienone is 1. The highest BCUT2D eigenvalue weighted by Crippen LogP contribution is 2.48. The minimum absolute atomic E-state index is 0.148. The molecular weight excluding hydrogens is 1070 g/mol. The molecule has 61 heavy (non-hydrogen) atoms. The molecule has 6 aliphatic rings. The van der Waals surface area contributed by atoms with Crippen LogP contribution in [0.5, 0.6) is 0 Å². The van der Waals surface area contributed by atoms with E-state index in [0.29, 0.717) is 31.0 Å². The van der Waals surface area contributed by atoms with E-state index in [-0.39, 0.29) is 11.8 Å². The number of nitrogens with zero attached hydrogens (tertiary/aromatic N) is 3. The zero-order valence-electron chi connectivity index (χ0n) is 34.1. The summed E-state index contributed by atoms with van der Waals surface area (Å²) in [7, 11) is 0. The summed E-state index contributed by atoms with van der Waals surface area (Å²) in [6.45, 7) is 5.08. The van der Waals surface area contributed by atoms with Crippen LogP contribution >= 0.6 is 86.9 Å². The van der Waals surface area contributed by atoms with Gasteiger partial charge < -0.3 is 19.7 Å². The summed E-state index contributed by atoms with van der Waals surface area (Å²) < 4.78 is 15.9. The number of benzene rings is 2. The third kappa shape index (κ3) is 9.81. The number of carbonyl (C=O) groups excluding carboxylic acids is 1. The molecule has 4 fully saturated rings. The normalized spacial score (nSPS) is 22.5. The SMILES string of the molecule is Clc1cc(Br)c2c(c1)CCc1cc(Br)cnc1[C@@H]2C1CCNCC1.O=C(C=C1CCC2(CC1)OCCO2)N1CCC([C@H]2c3ncc(Br)cc3CCc3cc(Cl)cc(Br)c32)CC1. The number of nitrogens with one attached hydrogen (secondary N) is 1. The number of carbonyl (C=O) groups is 1. The Kier molecular flexibility index (Phi) is 14.2. The quantitative estimate of drug-likeness (QED) is 0.206. The number of aryl methyl sites for hydroxylation is 4. The molecule has 1 amide bonds. The summed E-state index contributed by atoms with van der Waals surface area (Å²) in [6.07, 6.45) is 17.4. The highest BCUT2D eigenvalue weighted by Gasteiger charge is 2.40. The van der Waals surface area contributed by atoms with Gasteiger partial charge in [-0.2, -0.15) is 0 Å². The van der Waals surface area contributed by atoms with Crippen molar-refractivity contribution in [3.63, 3.8) is 0 Å². The van der Waals surface area contributed by atoms with Gasteiger partial charge in [0.15, 0.2) is 5.79 Å². The summed E-state index contributed by atoms with van der Waals surface area (Å²) >= 11 is 27.7. The van der Waals surface area contributed by atoms with E-state index in [4.69, 9.17) is 42.6 Å². The van der Waals surface area contributed by atoms with Crippen molar-refractivity contribution in [1.29, 1.82) is 0 Å². The predicted molar refractivity (Wildman–Crippen MR) is 257 cm³/mol. The summed E-state index contributed by atoms with van der Waals surface area (Å²) in [5, 5.41) is 5.06. The van der Waals surface area contributed by atoms with Crippen LogP contribution in [0.4, 0.5) is 0 Å². The molecular formula is C48H50Br4Cl2N4O3. The highest BCUT2D eigenvalue weighted by molar-refractivity contribution is 9.11. The van der Waals surface area contributed by atoms with Crippen LogP contribution in [0.25, 0.3) is 0 Å². The summed E-state index contributed by atoms with van der Waals surface area (Å²) in [6, 6.07) is 12.8. The number of halogens is 6. The molecule has 3 aliphatic carbocycles. The standard InChI is InChI=1S/C29H31Br2ClN2O3.C19H19Br2ClN2/c30-22-14-21-2-1-20-15-23(32)16-24(31)26(20)27(28(21)33-17-22)19-5-9-34(10-6-19)25(35)13-18-3-7-29(8-4-18)36-11-12-37-29;20-14-7-13-2-1-12-8-15(22)9-16(21)17(12)18(19(13)24-10-14)11-3-5-23-6-4-11/h13-17,19,27H,1-12H2;7-11,18,23H,1-6H2/t27-;18-/m11/s1. The second-order valence-electron chi connectivity index (χ2n) is 17.4. The number of hydrogen-bond acceptors (Lipinski definition) is 6. The number of ether oxygens (including phenoxy) is 2. The molecule has 322 valence electrons. The van der Waals surface area contributed by atoms with Crippen LogP contribution in [0, 0.1) is 11.8 Å².